The first-order chi connectivity index (χ1) is 32.2. The molecule has 2 rings (SSSR count). The normalized spacial score (nSPS) is 12.2. The van der Waals surface area contributed by atoms with E-state index >= 15 is 0 Å². The molecule has 0 aromatic heterocycles. The smallest absolute Gasteiger partial charge is 0.0665 e. The van der Waals surface area contributed by atoms with Crippen molar-refractivity contribution < 1.29 is 20.4 Å². The van der Waals surface area contributed by atoms with Crippen molar-refractivity contribution in [3.8, 4) is 0 Å². The van der Waals surface area contributed by atoms with E-state index in [9.17, 15) is 0 Å². The van der Waals surface area contributed by atoms with Crippen LogP contribution in [0.3, 0.4) is 0 Å². The first-order valence-electron chi connectivity index (χ1n) is 28.8. The fraction of sp³-hybridized carbons (Fsp3) is 0.714. The molecule has 0 aliphatic rings. The Bertz CT molecular complexity index is 1470. The molecule has 0 heterocycles. The second kappa shape index (κ2) is 48.0. The Labute approximate surface area is 425 Å². The maximum atomic E-state index is 5.51. The molecule has 66 heavy (non-hydrogen) atoms. The molecule has 3 heteroatoms. The number of allylic oxidation sites excluding steroid dienone is 4. The molecule has 0 aliphatic carbocycles. The number of aryl methyl sites for hydroxylation is 2. The van der Waals surface area contributed by atoms with Crippen LogP contribution in [-0.2, 0) is 33.3 Å². The Morgan fingerprint density at radius 2 is 0.591 bits per heavy atom. The van der Waals surface area contributed by atoms with E-state index in [1.54, 1.807) is 0 Å². The van der Waals surface area contributed by atoms with Crippen LogP contribution in [0.2, 0.25) is 0 Å². The molecule has 0 unspecified atom stereocenters. The molecule has 0 bridgehead atoms. The summed E-state index contributed by atoms with van der Waals surface area (Å²) in [6, 6.07) is 17.8. The van der Waals surface area contributed by atoms with Gasteiger partial charge in [-0.2, -0.15) is 0 Å². The number of unbranched alkanes of at least 4 members (excludes halogenated alkanes) is 31. The van der Waals surface area contributed by atoms with E-state index in [0.717, 1.165) is 69.2 Å². The Morgan fingerprint density at radius 3 is 0.939 bits per heavy atom. The third-order valence-electron chi connectivity index (χ3n) is 13.6. The molecule has 2 aromatic carbocycles. The molecule has 2 nitrogen and oxygen atoms in total. The van der Waals surface area contributed by atoms with Gasteiger partial charge in [-0.05, 0) is 100 Å². The molecule has 0 fully saturated rings. The van der Waals surface area contributed by atoms with Crippen LogP contribution in [0, 0.1) is 0 Å². The van der Waals surface area contributed by atoms with Gasteiger partial charge in [-0.3, -0.25) is 9.98 Å². The first-order valence-corrected chi connectivity index (χ1v) is 28.8. The summed E-state index contributed by atoms with van der Waals surface area (Å²) in [5.41, 5.74) is 7.40. The van der Waals surface area contributed by atoms with Gasteiger partial charge in [0.15, 0.2) is 0 Å². The van der Waals surface area contributed by atoms with Gasteiger partial charge in [0.2, 0.25) is 0 Å². The van der Waals surface area contributed by atoms with Crippen molar-refractivity contribution in [2.24, 2.45) is 9.98 Å². The average Bonchev–Trinajstić information content (AvgIpc) is 3.32. The summed E-state index contributed by atoms with van der Waals surface area (Å²) < 4.78 is 0. The van der Waals surface area contributed by atoms with Crippen LogP contribution in [0.25, 0.3) is 0 Å². The van der Waals surface area contributed by atoms with E-state index in [-0.39, 0.29) is 20.4 Å². The maximum Gasteiger partial charge on any atom is 0.0665 e. The zero-order valence-corrected chi connectivity index (χ0v) is 45.7. The van der Waals surface area contributed by atoms with Gasteiger partial charge < -0.3 is 0 Å². The molecule has 2 aromatic rings. The van der Waals surface area contributed by atoms with Crippen LogP contribution >= 0.6 is 0 Å². The molecule has 0 atom stereocenters. The fourth-order valence-electron chi connectivity index (χ4n) is 9.23. The van der Waals surface area contributed by atoms with Crippen LogP contribution < -0.4 is 0 Å². The van der Waals surface area contributed by atoms with E-state index < -0.39 is 0 Å². The summed E-state index contributed by atoms with van der Waals surface area (Å²) in [5, 5.41) is 0. The molecule has 0 saturated heterocycles. The summed E-state index contributed by atoms with van der Waals surface area (Å²) in [6.45, 7) is 9.21. The molecular formula is C63H106N2Pd. The van der Waals surface area contributed by atoms with Crippen LogP contribution in [0.1, 0.15) is 289 Å². The average molecular weight is 998 g/mol. The van der Waals surface area contributed by atoms with Gasteiger partial charge in [-0.15, -0.1) is 0 Å². The van der Waals surface area contributed by atoms with Crippen LogP contribution in [-0.4, -0.2) is 11.4 Å². The van der Waals surface area contributed by atoms with Crippen LogP contribution in [0.15, 0.2) is 82.8 Å². The Kier molecular flexibility index (Phi) is 45.0. The number of para-hydroxylation sites is 2. The Hall–Kier alpha value is -2.08. The van der Waals surface area contributed by atoms with Gasteiger partial charge in [0.05, 0.1) is 22.8 Å². The summed E-state index contributed by atoms with van der Waals surface area (Å²) in [5.74, 6) is 0. The third-order valence-corrected chi connectivity index (χ3v) is 13.6. The number of hydrogen-bond donors (Lipinski definition) is 0. The van der Waals surface area contributed by atoms with Crippen molar-refractivity contribution in [1.82, 2.24) is 0 Å². The molecule has 0 N–H and O–H groups in total. The predicted octanol–water partition coefficient (Wildman–Crippen LogP) is 22.0. The quantitative estimate of drug-likeness (QED) is 0.0273. The first kappa shape index (κ1) is 61.9. The van der Waals surface area contributed by atoms with Gasteiger partial charge in [-0.25, -0.2) is 0 Å². The van der Waals surface area contributed by atoms with Gasteiger partial charge in [0, 0.05) is 20.4 Å². The number of rotatable bonds is 46. The summed E-state index contributed by atoms with van der Waals surface area (Å²) in [6.07, 6.45) is 64.1. The molecule has 0 aliphatic heterocycles. The summed E-state index contributed by atoms with van der Waals surface area (Å²) in [7, 11) is 0. The predicted molar refractivity (Wildman–Crippen MR) is 296 cm³/mol. The molecule has 0 saturated carbocycles. The molecule has 378 valence electrons. The number of nitrogens with zero attached hydrogens (tertiary/aromatic N) is 2. The van der Waals surface area contributed by atoms with Crippen molar-refractivity contribution in [3.05, 3.63) is 84.0 Å². The summed E-state index contributed by atoms with van der Waals surface area (Å²) >= 11 is 0. The van der Waals surface area contributed by atoms with Crippen LogP contribution in [0.5, 0.6) is 0 Å². The topological polar surface area (TPSA) is 24.7 Å². The van der Waals surface area contributed by atoms with Crippen molar-refractivity contribution in [3.63, 3.8) is 0 Å². The molecule has 0 amide bonds. The zero-order valence-electron chi connectivity index (χ0n) is 44.1. The zero-order chi connectivity index (χ0) is 46.4. The van der Waals surface area contributed by atoms with Gasteiger partial charge >= 0.3 is 0 Å². The van der Waals surface area contributed by atoms with Crippen molar-refractivity contribution in [1.29, 1.82) is 0 Å². The maximum absolute atomic E-state index is 5.51. The number of hydrogen-bond acceptors (Lipinski definition) is 2. The minimum Gasteiger partial charge on any atom is -0.251 e. The summed E-state index contributed by atoms with van der Waals surface area (Å²) in [4.78, 5) is 11.0. The van der Waals surface area contributed by atoms with E-state index in [1.807, 2.05) is 0 Å². The van der Waals surface area contributed by atoms with Gasteiger partial charge in [0.1, 0.15) is 0 Å². The van der Waals surface area contributed by atoms with E-state index in [1.165, 1.54) is 228 Å². The van der Waals surface area contributed by atoms with Crippen molar-refractivity contribution in [2.45, 2.75) is 291 Å². The van der Waals surface area contributed by atoms with Crippen LogP contribution in [0.4, 0.5) is 11.4 Å². The van der Waals surface area contributed by atoms with E-state index in [0.29, 0.717) is 0 Å². The molecular weight excluding hydrogens is 891 g/mol. The SMILES string of the molecule is CCCCCCCCCCCCCCCC/C=C/CCc1ccccc1/N=C(CCCCC)\C(CCCC)=N\c1ccccc1CC/C=C/CCCCCCCCCCCCCCCC.[Pd]. The van der Waals surface area contributed by atoms with Crippen molar-refractivity contribution in [2.75, 3.05) is 0 Å². The second-order valence-corrected chi connectivity index (χ2v) is 19.7. The Balaban J connectivity index is 0.0000218. The standard InChI is InChI=1S/C63H106N2.Pd/c1-5-9-13-15-17-19-21-23-25-27-29-31-33-35-37-39-41-44-50-58-52-46-48-55-60(58)64-62(54-12-8-4)63(57-43-11-7-3)65-61-56-49-47-53-59(61)51-45-42-40-38-36-34-32-30-28-26-24-22-20-18-16-14-10-6-2;/h39-42,46-49,52-53,55-56H,5-38,43-45,50-51,54,57H2,1-4H3;/b41-39+,42-40+,64-62+,65-63-;. The molecule has 0 spiro atoms. The van der Waals surface area contributed by atoms with E-state index in [2.05, 4.69) is 101 Å². The second-order valence-electron chi connectivity index (χ2n) is 19.7. The molecule has 0 radical (unpaired) electrons. The minimum absolute atomic E-state index is 0. The number of benzene rings is 2. The largest absolute Gasteiger partial charge is 0.251 e. The third kappa shape index (κ3) is 35.1. The van der Waals surface area contributed by atoms with E-state index in [4.69, 9.17) is 9.98 Å². The monoisotopic (exact) mass is 997 g/mol. The Morgan fingerprint density at radius 1 is 0.318 bits per heavy atom. The van der Waals surface area contributed by atoms with Gasteiger partial charge in [-0.1, -0.05) is 275 Å². The fourth-order valence-corrected chi connectivity index (χ4v) is 9.23. The minimum atomic E-state index is 0. The van der Waals surface area contributed by atoms with Gasteiger partial charge in [0.25, 0.3) is 0 Å². The number of aliphatic imine (C=N–C) groups is 2. The van der Waals surface area contributed by atoms with Crippen molar-refractivity contribution >= 4 is 22.8 Å².